The maximum absolute atomic E-state index is 5.77. The van der Waals surface area contributed by atoms with E-state index in [0.29, 0.717) is 6.61 Å². The first kappa shape index (κ1) is 10.7. The Kier molecular flexibility index (Phi) is 3.25. The van der Waals surface area contributed by atoms with Crippen molar-refractivity contribution in [3.8, 4) is 5.75 Å². The van der Waals surface area contributed by atoms with Gasteiger partial charge in [-0.1, -0.05) is 36.4 Å². The predicted octanol–water partition coefficient (Wildman–Crippen LogP) is 3.68. The normalized spacial score (nSPS) is 10.1. The molecule has 0 aliphatic heterocycles. The molecule has 1 radical (unpaired) electrons. The third kappa shape index (κ3) is 2.63. The fourth-order valence-corrected chi connectivity index (χ4v) is 1.54. The first-order valence-electron chi connectivity index (χ1n) is 5.41. The van der Waals surface area contributed by atoms with E-state index in [4.69, 9.17) is 4.74 Å². The highest BCUT2D eigenvalue weighted by atomic mass is 16.5. The van der Waals surface area contributed by atoms with E-state index in [-0.39, 0.29) is 0 Å². The standard InChI is InChI=1S/C15H15O/c1-12-8-9-13(2)15(10-12)16-11-14-6-4-3-5-7-14/h3-6,8-10H,11H2,1-2H3. The van der Waals surface area contributed by atoms with Crippen molar-refractivity contribution in [1.29, 1.82) is 0 Å². The molecule has 2 aromatic carbocycles. The molecule has 0 saturated heterocycles. The van der Waals surface area contributed by atoms with Gasteiger partial charge in [-0.25, -0.2) is 0 Å². The Labute approximate surface area is 96.7 Å². The molecule has 1 nitrogen and oxygen atoms in total. The van der Waals surface area contributed by atoms with E-state index in [1.807, 2.05) is 24.3 Å². The van der Waals surface area contributed by atoms with Crippen LogP contribution in [0.25, 0.3) is 0 Å². The molecule has 0 aliphatic carbocycles. The number of hydrogen-bond acceptors (Lipinski definition) is 1. The van der Waals surface area contributed by atoms with Crippen LogP contribution in [-0.4, -0.2) is 0 Å². The minimum absolute atomic E-state index is 0.575. The van der Waals surface area contributed by atoms with Crippen molar-refractivity contribution >= 4 is 0 Å². The molecule has 2 aromatic rings. The molecule has 2 rings (SSSR count). The van der Waals surface area contributed by atoms with E-state index in [0.717, 1.165) is 11.3 Å². The van der Waals surface area contributed by atoms with Crippen molar-refractivity contribution < 1.29 is 4.74 Å². The van der Waals surface area contributed by atoms with Gasteiger partial charge in [0.2, 0.25) is 0 Å². The van der Waals surface area contributed by atoms with Crippen LogP contribution in [-0.2, 0) is 6.61 Å². The largest absolute Gasteiger partial charge is 0.489 e. The van der Waals surface area contributed by atoms with Gasteiger partial charge in [-0.3, -0.25) is 0 Å². The highest BCUT2D eigenvalue weighted by Crippen LogP contribution is 2.20. The summed E-state index contributed by atoms with van der Waals surface area (Å²) in [6.07, 6.45) is 0. The predicted molar refractivity (Wildman–Crippen MR) is 65.5 cm³/mol. The second-order valence-electron chi connectivity index (χ2n) is 3.95. The summed E-state index contributed by atoms with van der Waals surface area (Å²) in [7, 11) is 0. The highest BCUT2D eigenvalue weighted by Gasteiger charge is 2.00. The number of benzene rings is 2. The minimum Gasteiger partial charge on any atom is -0.489 e. The van der Waals surface area contributed by atoms with Gasteiger partial charge in [-0.15, -0.1) is 0 Å². The van der Waals surface area contributed by atoms with E-state index in [9.17, 15) is 0 Å². The molecule has 0 N–H and O–H groups in total. The summed E-state index contributed by atoms with van der Waals surface area (Å²) in [6, 6.07) is 17.3. The number of aryl methyl sites for hydroxylation is 2. The fourth-order valence-electron chi connectivity index (χ4n) is 1.54. The van der Waals surface area contributed by atoms with Crippen molar-refractivity contribution in [3.63, 3.8) is 0 Å². The molecular weight excluding hydrogens is 196 g/mol. The first-order chi connectivity index (χ1) is 7.75. The fraction of sp³-hybridized carbons (Fsp3) is 0.200. The lowest BCUT2D eigenvalue weighted by Gasteiger charge is -2.09. The summed E-state index contributed by atoms with van der Waals surface area (Å²) >= 11 is 0. The third-order valence-corrected chi connectivity index (χ3v) is 2.50. The molecule has 0 unspecified atom stereocenters. The molecule has 0 fully saturated rings. The second-order valence-corrected chi connectivity index (χ2v) is 3.95. The molecule has 1 heteroatoms. The Balaban J connectivity index is 2.08. The summed E-state index contributed by atoms with van der Waals surface area (Å²) in [5.41, 5.74) is 3.46. The van der Waals surface area contributed by atoms with E-state index in [1.54, 1.807) is 0 Å². The van der Waals surface area contributed by atoms with Crippen LogP contribution in [0.15, 0.2) is 42.5 Å². The average molecular weight is 211 g/mol. The molecular formula is C15H15O. The second kappa shape index (κ2) is 4.84. The maximum atomic E-state index is 5.77. The van der Waals surface area contributed by atoms with Crippen LogP contribution in [0.3, 0.4) is 0 Å². The molecule has 16 heavy (non-hydrogen) atoms. The van der Waals surface area contributed by atoms with E-state index < -0.39 is 0 Å². The van der Waals surface area contributed by atoms with Gasteiger partial charge in [0.1, 0.15) is 12.4 Å². The molecule has 0 aromatic heterocycles. The van der Waals surface area contributed by atoms with Crippen LogP contribution in [0.2, 0.25) is 0 Å². The first-order valence-corrected chi connectivity index (χ1v) is 5.41. The summed E-state index contributed by atoms with van der Waals surface area (Å²) in [6.45, 7) is 4.70. The number of ether oxygens (including phenoxy) is 1. The van der Waals surface area contributed by atoms with E-state index in [1.165, 1.54) is 11.1 Å². The van der Waals surface area contributed by atoms with Crippen molar-refractivity contribution in [2.75, 3.05) is 0 Å². The monoisotopic (exact) mass is 211 g/mol. The van der Waals surface area contributed by atoms with E-state index >= 15 is 0 Å². The average Bonchev–Trinajstić information content (AvgIpc) is 2.32. The van der Waals surface area contributed by atoms with Gasteiger partial charge in [-0.05, 0) is 42.7 Å². The zero-order valence-corrected chi connectivity index (χ0v) is 9.66. The van der Waals surface area contributed by atoms with Crippen LogP contribution in [0.1, 0.15) is 16.7 Å². The molecule has 0 heterocycles. The Hall–Kier alpha value is -1.76. The molecule has 0 spiro atoms. The van der Waals surface area contributed by atoms with Crippen LogP contribution in [0.5, 0.6) is 5.75 Å². The highest BCUT2D eigenvalue weighted by molar-refractivity contribution is 5.36. The van der Waals surface area contributed by atoms with Crippen molar-refractivity contribution in [2.24, 2.45) is 0 Å². The summed E-state index contributed by atoms with van der Waals surface area (Å²) < 4.78 is 5.77. The van der Waals surface area contributed by atoms with Gasteiger partial charge >= 0.3 is 0 Å². The van der Waals surface area contributed by atoms with Crippen LogP contribution < -0.4 is 4.74 Å². The van der Waals surface area contributed by atoms with Crippen LogP contribution in [0, 0.1) is 19.9 Å². The molecule has 0 bridgehead atoms. The molecule has 0 atom stereocenters. The molecule has 81 valence electrons. The summed E-state index contributed by atoms with van der Waals surface area (Å²) in [5.74, 6) is 0.956. The van der Waals surface area contributed by atoms with Crippen molar-refractivity contribution in [1.82, 2.24) is 0 Å². The quantitative estimate of drug-likeness (QED) is 0.752. The maximum Gasteiger partial charge on any atom is 0.122 e. The van der Waals surface area contributed by atoms with Gasteiger partial charge in [-0.2, -0.15) is 0 Å². The topological polar surface area (TPSA) is 9.23 Å². The Morgan fingerprint density at radius 1 is 1.12 bits per heavy atom. The van der Waals surface area contributed by atoms with Gasteiger partial charge in [0, 0.05) is 0 Å². The van der Waals surface area contributed by atoms with Crippen LogP contribution in [0.4, 0.5) is 0 Å². The lowest BCUT2D eigenvalue weighted by atomic mass is 10.1. The smallest absolute Gasteiger partial charge is 0.122 e. The Bertz CT molecular complexity index is 460. The molecule has 0 saturated carbocycles. The Morgan fingerprint density at radius 2 is 2.00 bits per heavy atom. The zero-order valence-electron chi connectivity index (χ0n) is 9.66. The number of rotatable bonds is 3. The zero-order chi connectivity index (χ0) is 11.4. The third-order valence-electron chi connectivity index (χ3n) is 2.50. The Morgan fingerprint density at radius 3 is 2.75 bits per heavy atom. The SMILES string of the molecule is Cc1ccc(C)c(OCc2[c]cccc2)c1. The van der Waals surface area contributed by atoms with Crippen molar-refractivity contribution in [3.05, 3.63) is 65.2 Å². The minimum atomic E-state index is 0.575. The summed E-state index contributed by atoms with van der Waals surface area (Å²) in [4.78, 5) is 0. The molecule has 0 amide bonds. The van der Waals surface area contributed by atoms with Crippen LogP contribution >= 0.6 is 0 Å². The van der Waals surface area contributed by atoms with Gasteiger partial charge in [0.15, 0.2) is 0 Å². The van der Waals surface area contributed by atoms with Gasteiger partial charge < -0.3 is 4.74 Å². The summed E-state index contributed by atoms with van der Waals surface area (Å²) in [5, 5.41) is 0. The van der Waals surface area contributed by atoms with Gasteiger partial charge in [0.05, 0.1) is 0 Å². The number of hydrogen-bond donors (Lipinski definition) is 0. The van der Waals surface area contributed by atoms with Gasteiger partial charge in [0.25, 0.3) is 0 Å². The lowest BCUT2D eigenvalue weighted by Crippen LogP contribution is -1.97. The lowest BCUT2D eigenvalue weighted by molar-refractivity contribution is 0.303. The molecule has 0 aliphatic rings. The van der Waals surface area contributed by atoms with Crippen molar-refractivity contribution in [2.45, 2.75) is 20.5 Å². The van der Waals surface area contributed by atoms with E-state index in [2.05, 4.69) is 38.1 Å².